The molecule has 12 heteroatoms. The number of nitriles is 1. The number of aromatic amines is 1. The zero-order valence-corrected chi connectivity index (χ0v) is 18.3. The molecular weight excluding hydrogens is 449 g/mol. The normalized spacial score (nSPS) is 14.7. The van der Waals surface area contributed by atoms with Crippen molar-refractivity contribution >= 4 is 16.9 Å². The van der Waals surface area contributed by atoms with Gasteiger partial charge in [0.2, 0.25) is 5.91 Å². The van der Waals surface area contributed by atoms with Gasteiger partial charge in [0, 0.05) is 73.3 Å². The minimum atomic E-state index is -4.67. The molecule has 34 heavy (non-hydrogen) atoms. The summed E-state index contributed by atoms with van der Waals surface area (Å²) in [6.07, 6.45) is 0.145. The first-order chi connectivity index (χ1) is 16.2. The molecule has 0 saturated heterocycles. The summed E-state index contributed by atoms with van der Waals surface area (Å²) in [6.45, 7) is 0.327. The maximum Gasteiger partial charge on any atom is 0.435 e. The van der Waals surface area contributed by atoms with Crippen LogP contribution in [0.3, 0.4) is 0 Å². The summed E-state index contributed by atoms with van der Waals surface area (Å²) in [5.74, 6) is -0.187. The van der Waals surface area contributed by atoms with Crippen molar-refractivity contribution in [2.24, 2.45) is 7.05 Å². The van der Waals surface area contributed by atoms with Crippen LogP contribution in [-0.4, -0.2) is 47.4 Å². The van der Waals surface area contributed by atoms with Crippen LogP contribution >= 0.6 is 0 Å². The molecule has 0 saturated carbocycles. The number of alkyl halides is 3. The molecule has 1 N–H and O–H groups in total. The number of nitrogens with one attached hydrogen (secondary N) is 1. The smallest absolute Gasteiger partial charge is 0.346 e. The van der Waals surface area contributed by atoms with E-state index >= 15 is 0 Å². The first-order valence-corrected chi connectivity index (χ1v) is 10.5. The van der Waals surface area contributed by atoms with Crippen LogP contribution in [0.2, 0.25) is 0 Å². The summed E-state index contributed by atoms with van der Waals surface area (Å²) in [7, 11) is 3.26. The molecule has 1 aliphatic heterocycles. The lowest BCUT2D eigenvalue weighted by atomic mass is 10.0. The Morgan fingerprint density at radius 3 is 2.74 bits per heavy atom. The predicted molar refractivity (Wildman–Crippen MR) is 115 cm³/mol. The molecule has 4 aromatic heterocycles. The van der Waals surface area contributed by atoms with E-state index in [2.05, 4.69) is 26.2 Å². The molecule has 0 unspecified atom stereocenters. The van der Waals surface area contributed by atoms with E-state index in [0.717, 1.165) is 0 Å². The van der Waals surface area contributed by atoms with Crippen LogP contribution in [0.15, 0.2) is 24.7 Å². The van der Waals surface area contributed by atoms with E-state index in [-0.39, 0.29) is 36.7 Å². The van der Waals surface area contributed by atoms with Crippen LogP contribution in [0.25, 0.3) is 33.3 Å². The standard InChI is InChI=1S/C22H19F3N8O/c1-31-11-16-19(17(7-26)32(2)29-16)12-6-13-14(9-28-21(13)27-8-12)15-10-33(5-3-4-18(31)34)30-20(15)22(23,24)25/h6,8-10H,3-5,11H2,1-2H3,(H,27,28). The largest absolute Gasteiger partial charge is 0.435 e. The van der Waals surface area contributed by atoms with E-state index in [0.29, 0.717) is 39.8 Å². The van der Waals surface area contributed by atoms with Gasteiger partial charge in [-0.05, 0) is 12.5 Å². The van der Waals surface area contributed by atoms with Crippen molar-refractivity contribution in [3.05, 3.63) is 41.7 Å². The molecule has 0 fully saturated rings. The fourth-order valence-corrected chi connectivity index (χ4v) is 4.32. The van der Waals surface area contributed by atoms with Crippen LogP contribution in [0.1, 0.15) is 29.9 Å². The van der Waals surface area contributed by atoms with Crippen LogP contribution < -0.4 is 0 Å². The van der Waals surface area contributed by atoms with Gasteiger partial charge in [0.1, 0.15) is 17.4 Å². The van der Waals surface area contributed by atoms with E-state index < -0.39 is 11.9 Å². The number of nitrogens with zero attached hydrogens (tertiary/aromatic N) is 7. The van der Waals surface area contributed by atoms with Crippen molar-refractivity contribution in [2.45, 2.75) is 32.1 Å². The number of fused-ring (bicyclic) bond motifs is 6. The lowest BCUT2D eigenvalue weighted by molar-refractivity contribution is -0.141. The Morgan fingerprint density at radius 1 is 1.21 bits per heavy atom. The molecule has 1 amide bonds. The van der Waals surface area contributed by atoms with Gasteiger partial charge in [-0.1, -0.05) is 0 Å². The van der Waals surface area contributed by atoms with E-state index in [1.54, 1.807) is 20.2 Å². The van der Waals surface area contributed by atoms with Gasteiger partial charge in [-0.2, -0.15) is 28.6 Å². The molecule has 9 nitrogen and oxygen atoms in total. The van der Waals surface area contributed by atoms with E-state index in [4.69, 9.17) is 0 Å². The number of carbonyl (C=O) groups is 1. The van der Waals surface area contributed by atoms with Crippen LogP contribution in [-0.2, 0) is 31.1 Å². The molecule has 5 rings (SSSR count). The van der Waals surface area contributed by atoms with Gasteiger partial charge < -0.3 is 9.88 Å². The molecular formula is C22H19F3N8O. The van der Waals surface area contributed by atoms with Gasteiger partial charge in [0.25, 0.3) is 0 Å². The topological polar surface area (TPSA) is 108 Å². The molecule has 5 heterocycles. The Morgan fingerprint density at radius 2 is 2.00 bits per heavy atom. The predicted octanol–water partition coefficient (Wildman–Crippen LogP) is 3.47. The molecule has 0 atom stereocenters. The third-order valence-corrected chi connectivity index (χ3v) is 5.96. The Kier molecular flexibility index (Phi) is 4.93. The molecule has 1 aliphatic rings. The summed E-state index contributed by atoms with van der Waals surface area (Å²) in [6, 6.07) is 3.82. The number of H-pyrrole nitrogens is 1. The molecule has 0 aliphatic carbocycles. The number of halogens is 3. The first-order valence-electron chi connectivity index (χ1n) is 10.5. The second-order valence-corrected chi connectivity index (χ2v) is 8.23. The quantitative estimate of drug-likeness (QED) is 0.425. The van der Waals surface area contributed by atoms with Gasteiger partial charge in [-0.15, -0.1) is 0 Å². The van der Waals surface area contributed by atoms with Crippen molar-refractivity contribution in [3.63, 3.8) is 0 Å². The van der Waals surface area contributed by atoms with E-state index in [9.17, 15) is 23.2 Å². The number of amides is 1. The van der Waals surface area contributed by atoms with Crippen LogP contribution in [0.4, 0.5) is 13.2 Å². The Bertz CT molecular complexity index is 1470. The lowest BCUT2D eigenvalue weighted by Crippen LogP contribution is -2.26. The van der Waals surface area contributed by atoms with Crippen molar-refractivity contribution in [1.29, 1.82) is 5.26 Å². The summed E-state index contributed by atoms with van der Waals surface area (Å²) in [5.41, 5.74) is 1.40. The van der Waals surface area contributed by atoms with Crippen molar-refractivity contribution < 1.29 is 18.0 Å². The first kappa shape index (κ1) is 21.7. The van der Waals surface area contributed by atoms with Crippen molar-refractivity contribution in [1.82, 2.24) is 34.4 Å². The minimum Gasteiger partial charge on any atom is -0.346 e. The SMILES string of the molecule is CN1Cc2nn(C)c(C#N)c2-c2cnc3[nH]cc(c3c2)-c2cn(nc2C(F)(F)F)CCCC1=O. The highest BCUT2D eigenvalue weighted by Gasteiger charge is 2.38. The molecule has 4 bridgehead atoms. The van der Waals surface area contributed by atoms with Crippen LogP contribution in [0.5, 0.6) is 0 Å². The highest BCUT2D eigenvalue weighted by molar-refractivity contribution is 5.96. The van der Waals surface area contributed by atoms with Gasteiger partial charge in [0.15, 0.2) is 5.69 Å². The molecule has 0 radical (unpaired) electrons. The van der Waals surface area contributed by atoms with E-state index in [1.165, 1.54) is 32.9 Å². The second kappa shape index (κ2) is 7.72. The number of aryl methyl sites for hydroxylation is 2. The Hall–Kier alpha value is -4.14. The third kappa shape index (κ3) is 3.49. The summed E-state index contributed by atoms with van der Waals surface area (Å²) < 4.78 is 44.2. The maximum absolute atomic E-state index is 13.9. The van der Waals surface area contributed by atoms with Gasteiger partial charge in [-0.3, -0.25) is 14.2 Å². The maximum atomic E-state index is 13.9. The van der Waals surface area contributed by atoms with Crippen LogP contribution in [0, 0.1) is 11.3 Å². The molecule has 174 valence electrons. The van der Waals surface area contributed by atoms with Gasteiger partial charge in [-0.25, -0.2) is 4.98 Å². The molecule has 4 aromatic rings. The molecule has 0 spiro atoms. The molecule has 0 aromatic carbocycles. The third-order valence-electron chi connectivity index (χ3n) is 5.96. The van der Waals surface area contributed by atoms with Gasteiger partial charge in [0.05, 0.1) is 12.2 Å². The number of aromatic nitrogens is 6. The second-order valence-electron chi connectivity index (χ2n) is 8.23. The minimum absolute atomic E-state index is 0.0806. The number of rotatable bonds is 0. The average Bonchev–Trinajstić information content (AvgIpc) is 3.46. The number of hydrogen-bond acceptors (Lipinski definition) is 5. The van der Waals surface area contributed by atoms with Gasteiger partial charge >= 0.3 is 6.18 Å². The highest BCUT2D eigenvalue weighted by atomic mass is 19.4. The van der Waals surface area contributed by atoms with Crippen molar-refractivity contribution in [3.8, 4) is 28.3 Å². The fraction of sp³-hybridized carbons (Fsp3) is 0.318. The van der Waals surface area contributed by atoms with Crippen molar-refractivity contribution in [2.75, 3.05) is 7.05 Å². The summed E-state index contributed by atoms with van der Waals surface area (Å²) in [4.78, 5) is 21.5. The highest BCUT2D eigenvalue weighted by Crippen LogP contribution is 2.40. The van der Waals surface area contributed by atoms with E-state index in [1.807, 2.05) is 0 Å². The Balaban J connectivity index is 1.79. The fourth-order valence-electron chi connectivity index (χ4n) is 4.32. The lowest BCUT2D eigenvalue weighted by Gasteiger charge is -2.17. The monoisotopic (exact) mass is 468 g/mol. The zero-order valence-electron chi connectivity index (χ0n) is 18.3. The number of pyridine rings is 1. The summed E-state index contributed by atoms with van der Waals surface area (Å²) >= 11 is 0. The summed E-state index contributed by atoms with van der Waals surface area (Å²) in [5, 5.41) is 18.4. The zero-order chi connectivity index (χ0) is 24.2. The Labute approximate surface area is 191 Å². The number of carbonyl (C=O) groups excluding carboxylic acids is 1. The number of hydrogen-bond donors (Lipinski definition) is 1. The average molecular weight is 468 g/mol.